The first-order valence-corrected chi connectivity index (χ1v) is 10.9. The van der Waals surface area contributed by atoms with Gasteiger partial charge in [-0.05, 0) is 50.6 Å². The molecular weight excluding hydrogens is 423 g/mol. The fourth-order valence-electron chi connectivity index (χ4n) is 4.08. The zero-order valence-electron chi connectivity index (χ0n) is 18.2. The minimum atomic E-state index is -0.530. The number of rotatable bonds is 6. The van der Waals surface area contributed by atoms with Gasteiger partial charge in [0, 0.05) is 35.6 Å². The Balaban J connectivity index is 1.41. The molecule has 0 unspecified atom stereocenters. The van der Waals surface area contributed by atoms with Gasteiger partial charge in [-0.15, -0.1) is 0 Å². The predicted octanol–water partition coefficient (Wildman–Crippen LogP) is 3.31. The minimum absolute atomic E-state index is 0.254. The molecule has 4 aromatic rings. The highest BCUT2D eigenvalue weighted by molar-refractivity contribution is 5.66. The first-order chi connectivity index (χ1) is 16.1. The maximum atomic E-state index is 14.1. The molecule has 9 nitrogen and oxygen atoms in total. The highest BCUT2D eigenvalue weighted by Crippen LogP contribution is 2.32. The molecule has 5 rings (SSSR count). The Kier molecular flexibility index (Phi) is 5.74. The van der Waals surface area contributed by atoms with Gasteiger partial charge in [0.2, 0.25) is 0 Å². The zero-order chi connectivity index (χ0) is 22.8. The summed E-state index contributed by atoms with van der Waals surface area (Å²) in [4.78, 5) is 5.74. The van der Waals surface area contributed by atoms with Crippen LogP contribution in [0.2, 0.25) is 0 Å². The van der Waals surface area contributed by atoms with Crippen LogP contribution in [-0.4, -0.2) is 42.8 Å². The van der Waals surface area contributed by atoms with Gasteiger partial charge in [0.15, 0.2) is 11.6 Å². The number of ether oxygens (including phenoxy) is 1. The van der Waals surface area contributed by atoms with Crippen LogP contribution in [0.25, 0.3) is 16.8 Å². The van der Waals surface area contributed by atoms with E-state index in [2.05, 4.69) is 25.6 Å². The summed E-state index contributed by atoms with van der Waals surface area (Å²) in [5.74, 6) is 0.293. The number of piperidine rings is 1. The maximum Gasteiger partial charge on any atom is 0.166 e. The van der Waals surface area contributed by atoms with Crippen LogP contribution in [0.1, 0.15) is 37.5 Å². The smallest absolute Gasteiger partial charge is 0.166 e. The zero-order valence-corrected chi connectivity index (χ0v) is 18.2. The normalized spacial score (nSPS) is 17.1. The molecule has 0 saturated carbocycles. The third kappa shape index (κ3) is 4.42. The average Bonchev–Trinajstić information content (AvgIpc) is 3.54. The van der Waals surface area contributed by atoms with Crippen molar-refractivity contribution in [2.75, 3.05) is 18.8 Å². The maximum absolute atomic E-state index is 14.1. The molecule has 1 saturated heterocycles. The Morgan fingerprint density at radius 2 is 2.00 bits per heavy atom. The number of anilines is 1. The van der Waals surface area contributed by atoms with E-state index >= 15 is 0 Å². The molecule has 1 aliphatic heterocycles. The van der Waals surface area contributed by atoms with Gasteiger partial charge in [-0.1, -0.05) is 0 Å². The third-order valence-corrected chi connectivity index (χ3v) is 5.83. The van der Waals surface area contributed by atoms with Crippen molar-refractivity contribution in [3.63, 3.8) is 0 Å². The number of nitrogen functional groups attached to an aromatic ring is 1. The third-order valence-electron chi connectivity index (χ3n) is 5.83. The topological polar surface area (TPSA) is 109 Å². The van der Waals surface area contributed by atoms with Crippen LogP contribution in [0.15, 0.2) is 55.2 Å². The molecule has 0 spiro atoms. The van der Waals surface area contributed by atoms with Crippen molar-refractivity contribution in [1.82, 2.24) is 35.1 Å². The molecule has 0 radical (unpaired) electrons. The number of halogens is 1. The van der Waals surface area contributed by atoms with Crippen LogP contribution in [0, 0.1) is 5.82 Å². The summed E-state index contributed by atoms with van der Waals surface area (Å²) in [7, 11) is 0. The quantitative estimate of drug-likeness (QED) is 0.466. The van der Waals surface area contributed by atoms with Crippen LogP contribution >= 0.6 is 0 Å². The number of nitrogens with zero attached hydrogens (tertiary/aromatic N) is 6. The molecule has 4 heterocycles. The first-order valence-electron chi connectivity index (χ1n) is 10.9. The second-order valence-electron chi connectivity index (χ2n) is 8.10. The number of pyridine rings is 1. The lowest BCUT2D eigenvalue weighted by atomic mass is 10.1. The molecule has 0 aliphatic carbocycles. The molecule has 1 aromatic carbocycles. The highest BCUT2D eigenvalue weighted by atomic mass is 19.1. The van der Waals surface area contributed by atoms with Gasteiger partial charge in [-0.2, -0.15) is 20.1 Å². The Morgan fingerprint density at radius 1 is 1.15 bits per heavy atom. The predicted molar refractivity (Wildman–Crippen MR) is 121 cm³/mol. The largest absolute Gasteiger partial charge is 0.482 e. The number of nitrogens with two attached hydrogens (primary N) is 1. The fraction of sp³-hybridized carbons (Fsp3) is 0.304. The van der Waals surface area contributed by atoms with Gasteiger partial charge in [0.25, 0.3) is 0 Å². The molecule has 1 aliphatic rings. The van der Waals surface area contributed by atoms with E-state index in [4.69, 9.17) is 10.5 Å². The van der Waals surface area contributed by atoms with E-state index in [0.717, 1.165) is 37.1 Å². The fourth-order valence-corrected chi connectivity index (χ4v) is 4.08. The summed E-state index contributed by atoms with van der Waals surface area (Å²) in [6, 6.07) is 6.58. The molecule has 0 amide bonds. The van der Waals surface area contributed by atoms with Gasteiger partial charge in [-0.3, -0.25) is 4.68 Å². The average molecular weight is 449 g/mol. The van der Waals surface area contributed by atoms with E-state index in [-0.39, 0.29) is 11.6 Å². The van der Waals surface area contributed by atoms with Crippen LogP contribution in [0.4, 0.5) is 10.2 Å². The first kappa shape index (κ1) is 21.1. The number of aromatic nitrogens is 6. The number of hydrogen-bond acceptors (Lipinski definition) is 7. The van der Waals surface area contributed by atoms with Gasteiger partial charge >= 0.3 is 0 Å². The summed E-state index contributed by atoms with van der Waals surface area (Å²) in [5, 5.41) is 16.3. The Labute approximate surface area is 190 Å². The summed E-state index contributed by atoms with van der Waals surface area (Å²) < 4.78 is 22.2. The van der Waals surface area contributed by atoms with Gasteiger partial charge in [0.1, 0.15) is 11.9 Å². The summed E-state index contributed by atoms with van der Waals surface area (Å²) >= 11 is 0. The van der Waals surface area contributed by atoms with Crippen molar-refractivity contribution in [1.29, 1.82) is 0 Å². The molecular formula is C23H25FN8O. The van der Waals surface area contributed by atoms with Crippen LogP contribution in [-0.2, 0) is 0 Å². The summed E-state index contributed by atoms with van der Waals surface area (Å²) in [6.45, 7) is 3.78. The molecule has 1 fully saturated rings. The van der Waals surface area contributed by atoms with Gasteiger partial charge < -0.3 is 15.8 Å². The number of benzene rings is 1. The molecule has 0 bridgehead atoms. The van der Waals surface area contributed by atoms with E-state index in [1.165, 1.54) is 16.9 Å². The molecule has 170 valence electrons. The Hall–Kier alpha value is -3.79. The minimum Gasteiger partial charge on any atom is -0.482 e. The lowest BCUT2D eigenvalue weighted by Gasteiger charge is -2.22. The lowest BCUT2D eigenvalue weighted by Crippen LogP contribution is -2.31. The standard InChI is InChI=1S/C23H25FN8O/c1-15(20-10-18(24)4-5-21(20)32-28-7-8-29-32)33-22-9-16(11-27-23(22)25)17-12-30-31(14-17)19-3-2-6-26-13-19/h4-5,7-12,14-15,19,26H,2-3,6,13H2,1H3,(H2,25,27)/t15-,19+/m1/s1. The van der Waals surface area contributed by atoms with E-state index in [0.29, 0.717) is 23.0 Å². The van der Waals surface area contributed by atoms with E-state index < -0.39 is 6.10 Å². The van der Waals surface area contributed by atoms with Crippen molar-refractivity contribution >= 4 is 5.82 Å². The lowest BCUT2D eigenvalue weighted by molar-refractivity contribution is 0.226. The van der Waals surface area contributed by atoms with Crippen molar-refractivity contribution < 1.29 is 9.13 Å². The number of hydrogen-bond donors (Lipinski definition) is 2. The van der Waals surface area contributed by atoms with Gasteiger partial charge in [0.05, 0.1) is 30.3 Å². The Bertz CT molecular complexity index is 1230. The molecule has 33 heavy (non-hydrogen) atoms. The van der Waals surface area contributed by atoms with Crippen LogP contribution in [0.3, 0.4) is 0 Å². The Morgan fingerprint density at radius 3 is 2.79 bits per heavy atom. The number of nitrogens with one attached hydrogen (secondary N) is 1. The summed E-state index contributed by atoms with van der Waals surface area (Å²) in [5.41, 5.74) is 9.10. The molecule has 10 heteroatoms. The molecule has 3 N–H and O–H groups in total. The SMILES string of the molecule is C[C@@H](Oc1cc(-c2cnn([C@H]3CCCNC3)c2)cnc1N)c1cc(F)ccc1-n1nccn1. The second kappa shape index (κ2) is 8.99. The van der Waals surface area contributed by atoms with Gasteiger partial charge in [-0.25, -0.2) is 9.37 Å². The monoisotopic (exact) mass is 448 g/mol. The van der Waals surface area contributed by atoms with Crippen LogP contribution < -0.4 is 15.8 Å². The van der Waals surface area contributed by atoms with Crippen molar-refractivity contribution in [3.05, 3.63) is 66.6 Å². The molecule has 2 atom stereocenters. The van der Waals surface area contributed by atoms with Crippen LogP contribution in [0.5, 0.6) is 5.75 Å². The summed E-state index contributed by atoms with van der Waals surface area (Å²) in [6.07, 6.45) is 10.4. The highest BCUT2D eigenvalue weighted by Gasteiger charge is 2.19. The van der Waals surface area contributed by atoms with E-state index in [1.54, 1.807) is 24.7 Å². The second-order valence-corrected chi connectivity index (χ2v) is 8.10. The van der Waals surface area contributed by atoms with E-state index in [1.807, 2.05) is 30.1 Å². The van der Waals surface area contributed by atoms with Crippen molar-refractivity contribution in [2.24, 2.45) is 0 Å². The van der Waals surface area contributed by atoms with Crippen molar-refractivity contribution in [3.8, 4) is 22.6 Å². The molecule has 3 aromatic heterocycles. The van der Waals surface area contributed by atoms with Crippen molar-refractivity contribution in [2.45, 2.75) is 31.9 Å². The van der Waals surface area contributed by atoms with E-state index in [9.17, 15) is 4.39 Å².